The van der Waals surface area contributed by atoms with E-state index in [4.69, 9.17) is 0 Å². The Hall–Kier alpha value is -0.0800. The third-order valence-corrected chi connectivity index (χ3v) is 3.81. The van der Waals surface area contributed by atoms with Crippen LogP contribution in [0.3, 0.4) is 0 Å². The fourth-order valence-electron chi connectivity index (χ4n) is 2.33. The second-order valence-electron chi connectivity index (χ2n) is 6.67. The lowest BCUT2D eigenvalue weighted by atomic mass is 9.86. The highest BCUT2D eigenvalue weighted by Crippen LogP contribution is 2.38. The summed E-state index contributed by atoms with van der Waals surface area (Å²) in [5.74, 6) is 1.93. The summed E-state index contributed by atoms with van der Waals surface area (Å²) >= 11 is 0. The van der Waals surface area contributed by atoms with Gasteiger partial charge in [0.15, 0.2) is 0 Å². The van der Waals surface area contributed by atoms with E-state index >= 15 is 0 Å². The summed E-state index contributed by atoms with van der Waals surface area (Å²) in [5.41, 5.74) is 0.347. The van der Waals surface area contributed by atoms with Gasteiger partial charge in [0.25, 0.3) is 0 Å². The van der Waals surface area contributed by atoms with Crippen molar-refractivity contribution in [3.8, 4) is 0 Å². The van der Waals surface area contributed by atoms with Crippen molar-refractivity contribution in [2.45, 2.75) is 47.1 Å². The smallest absolute Gasteiger partial charge is 0.0243 e. The van der Waals surface area contributed by atoms with Gasteiger partial charge in [-0.05, 0) is 37.3 Å². The molecule has 1 fully saturated rings. The van der Waals surface area contributed by atoms with Gasteiger partial charge < -0.3 is 10.2 Å². The first-order valence-corrected chi connectivity index (χ1v) is 6.76. The van der Waals surface area contributed by atoms with Crippen molar-refractivity contribution in [1.29, 1.82) is 0 Å². The van der Waals surface area contributed by atoms with Crippen LogP contribution in [0, 0.1) is 17.3 Å². The summed E-state index contributed by atoms with van der Waals surface area (Å²) < 4.78 is 0. The minimum atomic E-state index is 0.347. The van der Waals surface area contributed by atoms with Crippen molar-refractivity contribution in [3.63, 3.8) is 0 Å². The first kappa shape index (κ1) is 14.0. The molecule has 0 spiro atoms. The van der Waals surface area contributed by atoms with E-state index in [0.717, 1.165) is 18.4 Å². The molecule has 0 aliphatic heterocycles. The van der Waals surface area contributed by atoms with E-state index in [2.05, 4.69) is 51.9 Å². The number of rotatable bonds is 6. The van der Waals surface area contributed by atoms with Gasteiger partial charge in [0.2, 0.25) is 0 Å². The van der Waals surface area contributed by atoms with Gasteiger partial charge in [0.1, 0.15) is 0 Å². The summed E-state index contributed by atoms with van der Waals surface area (Å²) in [6, 6.07) is 0.594. The SMILES string of the molecule is CCNC(CN(C)CC1CC1C)C(C)(C)C. The number of hydrogen-bond acceptors (Lipinski definition) is 2. The Bertz CT molecular complexity index is 207. The van der Waals surface area contributed by atoms with E-state index in [1.807, 2.05) is 0 Å². The zero-order valence-electron chi connectivity index (χ0n) is 12.0. The van der Waals surface area contributed by atoms with E-state index in [9.17, 15) is 0 Å². The van der Waals surface area contributed by atoms with Crippen molar-refractivity contribution in [1.82, 2.24) is 10.2 Å². The van der Waals surface area contributed by atoms with Gasteiger partial charge in [-0.3, -0.25) is 0 Å². The van der Waals surface area contributed by atoms with Gasteiger partial charge in [-0.25, -0.2) is 0 Å². The Kier molecular flexibility index (Phi) is 4.81. The predicted octanol–water partition coefficient (Wildman–Crippen LogP) is 2.60. The van der Waals surface area contributed by atoms with Gasteiger partial charge in [0, 0.05) is 19.1 Å². The molecule has 1 rings (SSSR count). The van der Waals surface area contributed by atoms with Crippen LogP contribution in [0.25, 0.3) is 0 Å². The fourth-order valence-corrected chi connectivity index (χ4v) is 2.33. The van der Waals surface area contributed by atoms with E-state index in [1.165, 1.54) is 19.5 Å². The number of likely N-dealkylation sites (N-methyl/N-ethyl adjacent to an activating group) is 2. The lowest BCUT2D eigenvalue weighted by molar-refractivity contribution is 0.191. The van der Waals surface area contributed by atoms with Gasteiger partial charge in [-0.1, -0.05) is 34.6 Å². The minimum Gasteiger partial charge on any atom is -0.312 e. The predicted molar refractivity (Wildman–Crippen MR) is 71.7 cm³/mol. The summed E-state index contributed by atoms with van der Waals surface area (Å²) in [6.07, 6.45) is 1.44. The Morgan fingerprint density at radius 2 is 1.94 bits per heavy atom. The average molecular weight is 226 g/mol. The Morgan fingerprint density at radius 3 is 2.31 bits per heavy atom. The maximum Gasteiger partial charge on any atom is 0.0243 e. The first-order chi connectivity index (χ1) is 7.34. The molecule has 0 heterocycles. The third-order valence-electron chi connectivity index (χ3n) is 3.81. The molecule has 1 aliphatic carbocycles. The molecule has 1 aliphatic rings. The highest BCUT2D eigenvalue weighted by atomic mass is 15.1. The van der Waals surface area contributed by atoms with E-state index < -0.39 is 0 Å². The molecule has 0 aromatic rings. The van der Waals surface area contributed by atoms with Gasteiger partial charge in [0.05, 0.1) is 0 Å². The molecule has 0 saturated heterocycles. The molecule has 0 radical (unpaired) electrons. The molecule has 0 aromatic heterocycles. The standard InChI is InChI=1S/C14H30N2/c1-7-15-13(14(3,4)5)10-16(6)9-12-8-11(12)2/h11-13,15H,7-10H2,1-6H3. The molecule has 1 N–H and O–H groups in total. The Balaban J connectivity index is 2.35. The van der Waals surface area contributed by atoms with Crippen LogP contribution in [0.15, 0.2) is 0 Å². The number of hydrogen-bond donors (Lipinski definition) is 1. The molecule has 0 amide bonds. The molecule has 0 aromatic carbocycles. The van der Waals surface area contributed by atoms with E-state index in [1.54, 1.807) is 0 Å². The number of nitrogens with zero attached hydrogens (tertiary/aromatic N) is 1. The molecule has 16 heavy (non-hydrogen) atoms. The number of nitrogens with one attached hydrogen (secondary N) is 1. The highest BCUT2D eigenvalue weighted by molar-refractivity contribution is 4.87. The fraction of sp³-hybridized carbons (Fsp3) is 1.00. The third kappa shape index (κ3) is 4.42. The molecule has 0 bridgehead atoms. The maximum atomic E-state index is 3.62. The van der Waals surface area contributed by atoms with Gasteiger partial charge in [-0.2, -0.15) is 0 Å². The van der Waals surface area contributed by atoms with Crippen molar-refractivity contribution < 1.29 is 0 Å². The average Bonchev–Trinajstić information content (AvgIpc) is 2.79. The maximum absolute atomic E-state index is 3.62. The molecular weight excluding hydrogens is 196 g/mol. The second-order valence-corrected chi connectivity index (χ2v) is 6.67. The minimum absolute atomic E-state index is 0.347. The van der Waals surface area contributed by atoms with Crippen molar-refractivity contribution in [3.05, 3.63) is 0 Å². The van der Waals surface area contributed by atoms with Crippen LogP contribution < -0.4 is 5.32 Å². The normalized spacial score (nSPS) is 27.2. The zero-order valence-corrected chi connectivity index (χ0v) is 12.0. The van der Waals surface area contributed by atoms with Crippen LogP contribution >= 0.6 is 0 Å². The quantitative estimate of drug-likeness (QED) is 0.749. The summed E-state index contributed by atoms with van der Waals surface area (Å²) in [5, 5.41) is 3.62. The molecule has 96 valence electrons. The highest BCUT2D eigenvalue weighted by Gasteiger charge is 2.34. The molecule has 3 atom stereocenters. The van der Waals surface area contributed by atoms with Crippen molar-refractivity contribution >= 4 is 0 Å². The van der Waals surface area contributed by atoms with Crippen LogP contribution in [-0.2, 0) is 0 Å². The van der Waals surface area contributed by atoms with E-state index in [0.29, 0.717) is 11.5 Å². The van der Waals surface area contributed by atoms with E-state index in [-0.39, 0.29) is 0 Å². The molecular formula is C14H30N2. The van der Waals surface area contributed by atoms with Crippen molar-refractivity contribution in [2.75, 3.05) is 26.7 Å². The van der Waals surface area contributed by atoms with Crippen LogP contribution in [-0.4, -0.2) is 37.6 Å². The van der Waals surface area contributed by atoms with Crippen LogP contribution in [0.4, 0.5) is 0 Å². The lowest BCUT2D eigenvalue weighted by Crippen LogP contribution is -2.48. The summed E-state index contributed by atoms with van der Waals surface area (Å²) in [6.45, 7) is 15.1. The summed E-state index contributed by atoms with van der Waals surface area (Å²) in [7, 11) is 2.26. The molecule has 2 nitrogen and oxygen atoms in total. The largest absolute Gasteiger partial charge is 0.312 e. The molecule has 3 unspecified atom stereocenters. The van der Waals surface area contributed by atoms with Crippen LogP contribution in [0.5, 0.6) is 0 Å². The Morgan fingerprint density at radius 1 is 1.38 bits per heavy atom. The lowest BCUT2D eigenvalue weighted by Gasteiger charge is -2.34. The summed E-state index contributed by atoms with van der Waals surface area (Å²) in [4.78, 5) is 2.51. The topological polar surface area (TPSA) is 15.3 Å². The Labute approximate surface area is 102 Å². The van der Waals surface area contributed by atoms with Crippen LogP contribution in [0.1, 0.15) is 41.0 Å². The first-order valence-electron chi connectivity index (χ1n) is 6.76. The monoisotopic (exact) mass is 226 g/mol. The molecule has 1 saturated carbocycles. The zero-order chi connectivity index (χ0) is 12.3. The second kappa shape index (κ2) is 5.50. The van der Waals surface area contributed by atoms with Gasteiger partial charge in [-0.15, -0.1) is 0 Å². The van der Waals surface area contributed by atoms with Crippen LogP contribution in [0.2, 0.25) is 0 Å². The van der Waals surface area contributed by atoms with Crippen molar-refractivity contribution in [2.24, 2.45) is 17.3 Å². The molecule has 2 heteroatoms. The van der Waals surface area contributed by atoms with Gasteiger partial charge >= 0.3 is 0 Å².